The number of hydrogen-bond donors (Lipinski definition) is 11. The van der Waals surface area contributed by atoms with Gasteiger partial charge < -0.3 is 63.6 Å². The van der Waals surface area contributed by atoms with Crippen molar-refractivity contribution in [2.75, 3.05) is 13.7 Å². The van der Waals surface area contributed by atoms with E-state index in [-0.39, 0.29) is 55.4 Å². The topological polar surface area (TPSA) is 352 Å². The van der Waals surface area contributed by atoms with E-state index in [1.807, 2.05) is 57.2 Å². The summed E-state index contributed by atoms with van der Waals surface area (Å²) < 4.78 is 5.81. The second kappa shape index (κ2) is 30.5. The molecule has 1 aromatic rings. The lowest BCUT2D eigenvalue weighted by Crippen LogP contribution is -2.56. The number of ether oxygens (including phenoxy) is 1. The molecule has 0 aromatic heterocycles. The first-order valence-electron chi connectivity index (χ1n) is 23.7. The van der Waals surface area contributed by atoms with Crippen LogP contribution in [-0.2, 0) is 54.3 Å². The Morgan fingerprint density at radius 3 is 2.03 bits per heavy atom. The Balaban J connectivity index is 2.69. The van der Waals surface area contributed by atoms with Crippen LogP contribution in [0.4, 0.5) is 0 Å². The standard InChI is InChI=1S/C49H74N10O12/c1-9-33-44(64)53-31(7)43(63)57-36(19-17-27(2)3)46(66)59-38(48(69)70)26-41(61)55-35(16-13-23-52-49(50)51)45(65)56-34(30(6)42(62)58-37(47(67)68)21-22-40(60)54-33)20-18-28(4)24-29(5)39(71-8)25-32-14-11-10-12-15-32/h9-12,14-15,18,20,24,27,29-31,34-39H,13,16-17,19,21-23,25-26H2,1-8H3,(H,53,64)(H,54,60)(H,55,61)(H,56,65)(H,57,63)(H,58,62)(H,59,66)(H,67,68)(H,69,70)(H4,50,51,52)/b20-18+,28-24+,33-9-/t29-,30-,31+,34?,35?,36-,37+,38?,39-/m0/s1. The van der Waals surface area contributed by atoms with Crippen molar-refractivity contribution in [2.24, 2.45) is 34.2 Å². The number of guanidine groups is 1. The van der Waals surface area contributed by atoms with Gasteiger partial charge in [0.25, 0.3) is 5.91 Å². The van der Waals surface area contributed by atoms with Crippen molar-refractivity contribution >= 4 is 59.2 Å². The number of rotatable bonds is 16. The predicted octanol–water partition coefficient (Wildman–Crippen LogP) is 0.810. The molecule has 1 fully saturated rings. The molecule has 1 aromatic carbocycles. The molecular formula is C49H74N10O12. The number of nitrogens with two attached hydrogens (primary N) is 2. The molecule has 1 aliphatic heterocycles. The van der Waals surface area contributed by atoms with Gasteiger partial charge in [-0.25, -0.2) is 9.59 Å². The van der Waals surface area contributed by atoms with Gasteiger partial charge in [0.15, 0.2) is 5.96 Å². The molecular weight excluding hydrogens is 921 g/mol. The van der Waals surface area contributed by atoms with E-state index in [4.69, 9.17) is 16.2 Å². The quantitative estimate of drug-likeness (QED) is 0.0359. The zero-order chi connectivity index (χ0) is 53.4. The van der Waals surface area contributed by atoms with E-state index >= 15 is 0 Å². The molecule has 7 amide bonds. The molecule has 9 atom stereocenters. The summed E-state index contributed by atoms with van der Waals surface area (Å²) in [5.41, 5.74) is 12.5. The average molecular weight is 995 g/mol. The number of aliphatic carboxylic acids is 2. The van der Waals surface area contributed by atoms with E-state index in [9.17, 15) is 53.4 Å². The molecule has 1 heterocycles. The van der Waals surface area contributed by atoms with Crippen LogP contribution in [0.5, 0.6) is 0 Å². The van der Waals surface area contributed by atoms with Crippen LogP contribution in [0.3, 0.4) is 0 Å². The van der Waals surface area contributed by atoms with Gasteiger partial charge >= 0.3 is 11.9 Å². The first-order chi connectivity index (χ1) is 33.4. The zero-order valence-corrected chi connectivity index (χ0v) is 41.9. The number of aliphatic imine (C=N–C) groups is 1. The smallest absolute Gasteiger partial charge is 0.326 e. The van der Waals surface area contributed by atoms with Gasteiger partial charge in [0, 0.05) is 26.0 Å². The summed E-state index contributed by atoms with van der Waals surface area (Å²) in [6, 6.07) is 1.14. The monoisotopic (exact) mass is 995 g/mol. The summed E-state index contributed by atoms with van der Waals surface area (Å²) in [5, 5.41) is 37.7. The number of hydrogen-bond acceptors (Lipinski definition) is 11. The largest absolute Gasteiger partial charge is 0.480 e. The fourth-order valence-electron chi connectivity index (χ4n) is 7.33. The van der Waals surface area contributed by atoms with Crippen LogP contribution in [0.2, 0.25) is 0 Å². The molecule has 71 heavy (non-hydrogen) atoms. The van der Waals surface area contributed by atoms with Crippen molar-refractivity contribution in [3.05, 3.63) is 71.5 Å². The minimum absolute atomic E-state index is 0.0310. The highest BCUT2D eigenvalue weighted by Gasteiger charge is 2.34. The maximum Gasteiger partial charge on any atom is 0.326 e. The maximum absolute atomic E-state index is 14.3. The van der Waals surface area contributed by atoms with E-state index in [0.717, 1.165) is 5.56 Å². The molecule has 1 saturated heterocycles. The number of benzene rings is 1. The number of carbonyl (C=O) groups is 9. The minimum atomic E-state index is -1.84. The van der Waals surface area contributed by atoms with E-state index < -0.39 is 115 Å². The Labute approximate surface area is 415 Å². The third-order valence-electron chi connectivity index (χ3n) is 11.6. The number of amides is 7. The average Bonchev–Trinajstić information content (AvgIpc) is 3.30. The number of allylic oxidation sites excluding steroid dienone is 3. The van der Waals surface area contributed by atoms with Crippen molar-refractivity contribution in [3.8, 4) is 0 Å². The second-order valence-corrected chi connectivity index (χ2v) is 18.0. The number of carboxylic acid groups (broad SMARTS) is 2. The Bertz CT molecular complexity index is 2140. The highest BCUT2D eigenvalue weighted by molar-refractivity contribution is 6.00. The van der Waals surface area contributed by atoms with Crippen LogP contribution < -0.4 is 48.7 Å². The molecule has 22 heteroatoms. The lowest BCUT2D eigenvalue weighted by molar-refractivity contribution is -0.144. The van der Waals surface area contributed by atoms with Crippen molar-refractivity contribution < 1.29 is 58.1 Å². The summed E-state index contributed by atoms with van der Waals surface area (Å²) in [5.74, 6) is -10.7. The minimum Gasteiger partial charge on any atom is -0.480 e. The molecule has 0 spiro atoms. The Morgan fingerprint density at radius 2 is 1.44 bits per heavy atom. The Kier molecular flexibility index (Phi) is 25.8. The SMILES string of the molecule is C/C=C1\NC(=O)CC[C@H](C(=O)O)NC(=O)[C@@H](C)C(/C=C/C(C)=C/[C@H](C)[C@H](Cc2ccccc2)OC)NC(=O)C(CCCN=C(N)N)NC(=O)CC(C(=O)O)NC(=O)[C@H](CCC(C)C)NC(=O)[C@@H](C)NC1=O. The van der Waals surface area contributed by atoms with Crippen molar-refractivity contribution in [2.45, 2.75) is 142 Å². The van der Waals surface area contributed by atoms with Gasteiger partial charge in [0.2, 0.25) is 35.4 Å². The first kappa shape index (κ1) is 60.0. The summed E-state index contributed by atoms with van der Waals surface area (Å²) in [7, 11) is 1.61. The molecule has 0 bridgehead atoms. The van der Waals surface area contributed by atoms with Crippen LogP contribution >= 0.6 is 0 Å². The highest BCUT2D eigenvalue weighted by atomic mass is 16.5. The summed E-state index contributed by atoms with van der Waals surface area (Å²) >= 11 is 0. The van der Waals surface area contributed by atoms with Gasteiger partial charge in [-0.1, -0.05) is 87.9 Å². The van der Waals surface area contributed by atoms with Crippen LogP contribution in [0.15, 0.2) is 70.9 Å². The molecule has 13 N–H and O–H groups in total. The van der Waals surface area contributed by atoms with Crippen LogP contribution in [0.1, 0.15) is 99.0 Å². The fourth-order valence-corrected chi connectivity index (χ4v) is 7.33. The predicted molar refractivity (Wildman–Crippen MR) is 264 cm³/mol. The Morgan fingerprint density at radius 1 is 0.817 bits per heavy atom. The van der Waals surface area contributed by atoms with E-state index in [0.29, 0.717) is 18.4 Å². The van der Waals surface area contributed by atoms with Gasteiger partial charge in [0.05, 0.1) is 24.5 Å². The number of methoxy groups -OCH3 is 1. The van der Waals surface area contributed by atoms with E-state index in [1.54, 1.807) is 20.1 Å². The Hall–Kier alpha value is -7.10. The fraction of sp³-hybridized carbons (Fsp3) is 0.551. The van der Waals surface area contributed by atoms with E-state index in [2.05, 4.69) is 42.2 Å². The number of carbonyl (C=O) groups excluding carboxylic acids is 7. The van der Waals surface area contributed by atoms with Gasteiger partial charge in [-0.05, 0) is 70.8 Å². The summed E-state index contributed by atoms with van der Waals surface area (Å²) in [6.45, 7) is 11.7. The third kappa shape index (κ3) is 22.0. The second-order valence-electron chi connectivity index (χ2n) is 18.0. The lowest BCUT2D eigenvalue weighted by atomic mass is 9.94. The van der Waals surface area contributed by atoms with Crippen LogP contribution in [0.25, 0.3) is 0 Å². The third-order valence-corrected chi connectivity index (χ3v) is 11.6. The number of carboxylic acids is 2. The van der Waals surface area contributed by atoms with Gasteiger partial charge in [0.1, 0.15) is 35.9 Å². The van der Waals surface area contributed by atoms with Crippen molar-refractivity contribution in [3.63, 3.8) is 0 Å². The first-order valence-corrected chi connectivity index (χ1v) is 23.7. The van der Waals surface area contributed by atoms with Crippen molar-refractivity contribution in [1.29, 1.82) is 0 Å². The van der Waals surface area contributed by atoms with Gasteiger partial charge in [-0.15, -0.1) is 0 Å². The molecule has 0 saturated carbocycles. The van der Waals surface area contributed by atoms with Crippen LogP contribution in [0, 0.1) is 17.8 Å². The lowest BCUT2D eigenvalue weighted by Gasteiger charge is -2.27. The van der Waals surface area contributed by atoms with Gasteiger partial charge in [-0.2, -0.15) is 0 Å². The molecule has 3 unspecified atom stereocenters. The molecule has 2 rings (SSSR count). The zero-order valence-electron chi connectivity index (χ0n) is 41.9. The molecule has 1 aliphatic rings. The molecule has 392 valence electrons. The van der Waals surface area contributed by atoms with Crippen molar-refractivity contribution in [1.82, 2.24) is 37.2 Å². The summed E-state index contributed by atoms with van der Waals surface area (Å²) in [6.07, 6.45) is 5.51. The van der Waals surface area contributed by atoms with E-state index in [1.165, 1.54) is 32.9 Å². The van der Waals surface area contributed by atoms with Crippen LogP contribution in [-0.4, -0.2) is 125 Å². The van der Waals surface area contributed by atoms with Gasteiger partial charge in [-0.3, -0.25) is 38.6 Å². The molecule has 0 radical (unpaired) electrons. The maximum atomic E-state index is 14.3. The number of nitrogens with zero attached hydrogens (tertiary/aromatic N) is 1. The highest BCUT2D eigenvalue weighted by Crippen LogP contribution is 2.18. The normalized spacial score (nSPS) is 24.7. The molecule has 0 aliphatic carbocycles. The number of nitrogens with one attached hydrogen (secondary N) is 7. The molecule has 22 nitrogen and oxygen atoms in total. The summed E-state index contributed by atoms with van der Waals surface area (Å²) in [4.78, 5) is 124.